The molecule has 0 radical (unpaired) electrons. The number of aromatic nitrogens is 6. The molecule has 1 fully saturated rings. The molecule has 0 atom stereocenters. The highest BCUT2D eigenvalue weighted by Gasteiger charge is 2.25. The number of carbonyl (C=O) groups excluding carboxylic acids is 2. The molecule has 0 bridgehead atoms. The number of ketones is 1. The number of hydrogen-bond acceptors (Lipinski definition) is 7. The van der Waals surface area contributed by atoms with E-state index in [9.17, 15) is 9.59 Å². The van der Waals surface area contributed by atoms with Gasteiger partial charge in [-0.15, -0.1) is 11.3 Å². The molecule has 0 unspecified atom stereocenters. The van der Waals surface area contributed by atoms with Gasteiger partial charge in [0.1, 0.15) is 0 Å². The van der Waals surface area contributed by atoms with Gasteiger partial charge >= 0.3 is 0 Å². The summed E-state index contributed by atoms with van der Waals surface area (Å²) in [6.07, 6.45) is 9.95. The van der Waals surface area contributed by atoms with Crippen LogP contribution in [0.25, 0.3) is 55.0 Å². The lowest BCUT2D eigenvalue weighted by Gasteiger charge is -2.24. The topological polar surface area (TPSA) is 129 Å². The first kappa shape index (κ1) is 23.4. The largest absolute Gasteiger partial charge is 0.353 e. The van der Waals surface area contributed by atoms with E-state index in [1.54, 1.807) is 31.7 Å². The molecular formula is C29H23N7O2S. The van der Waals surface area contributed by atoms with E-state index in [2.05, 4.69) is 35.5 Å². The van der Waals surface area contributed by atoms with Crippen LogP contribution in [0.1, 0.15) is 35.9 Å². The van der Waals surface area contributed by atoms with Crippen molar-refractivity contribution in [2.75, 3.05) is 5.32 Å². The Hall–Kier alpha value is -4.70. The molecule has 6 aromatic heterocycles. The number of hydrogen-bond donors (Lipinski definition) is 3. The highest BCUT2D eigenvalue weighted by atomic mass is 32.1. The lowest BCUT2D eigenvalue weighted by atomic mass is 9.85. The average Bonchev–Trinajstić information content (AvgIpc) is 3.65. The van der Waals surface area contributed by atoms with Crippen LogP contribution >= 0.6 is 11.3 Å². The van der Waals surface area contributed by atoms with Gasteiger partial charge in [-0.3, -0.25) is 24.7 Å². The Morgan fingerprint density at radius 1 is 1.00 bits per heavy atom. The van der Waals surface area contributed by atoms with Crippen LogP contribution < -0.4 is 5.32 Å². The van der Waals surface area contributed by atoms with Crippen molar-refractivity contribution in [3.63, 3.8) is 0 Å². The van der Waals surface area contributed by atoms with Crippen LogP contribution in [0.15, 0.2) is 61.2 Å². The normalized spacial score (nSPS) is 13.6. The van der Waals surface area contributed by atoms with Crippen molar-refractivity contribution < 1.29 is 9.59 Å². The van der Waals surface area contributed by atoms with Gasteiger partial charge in [0, 0.05) is 51.9 Å². The summed E-state index contributed by atoms with van der Waals surface area (Å²) in [5.41, 5.74) is 6.40. The number of carbonyl (C=O) groups is 2. The van der Waals surface area contributed by atoms with Gasteiger partial charge < -0.3 is 10.3 Å². The summed E-state index contributed by atoms with van der Waals surface area (Å²) in [7, 11) is 0. The van der Waals surface area contributed by atoms with Gasteiger partial charge in [-0.1, -0.05) is 6.42 Å². The molecule has 6 aromatic rings. The fourth-order valence-electron chi connectivity index (χ4n) is 4.88. The smallest absolute Gasteiger partial charge is 0.227 e. The van der Waals surface area contributed by atoms with Gasteiger partial charge in [-0.05, 0) is 56.2 Å². The minimum atomic E-state index is 0.0434. The summed E-state index contributed by atoms with van der Waals surface area (Å²) in [6.45, 7) is 1.57. The number of thiophene rings is 1. The van der Waals surface area contributed by atoms with Gasteiger partial charge in [0.15, 0.2) is 11.4 Å². The van der Waals surface area contributed by atoms with Crippen LogP contribution in [0.4, 0.5) is 5.69 Å². The zero-order valence-corrected chi connectivity index (χ0v) is 21.8. The van der Waals surface area contributed by atoms with E-state index >= 15 is 0 Å². The lowest BCUT2D eigenvalue weighted by Crippen LogP contribution is -2.28. The van der Waals surface area contributed by atoms with Gasteiger partial charge in [0.25, 0.3) is 0 Å². The van der Waals surface area contributed by atoms with Crippen molar-refractivity contribution in [2.24, 2.45) is 5.92 Å². The third kappa shape index (κ3) is 4.18. The number of H-pyrrole nitrogens is 2. The summed E-state index contributed by atoms with van der Waals surface area (Å²) < 4.78 is 0. The van der Waals surface area contributed by atoms with E-state index in [1.807, 2.05) is 36.4 Å². The minimum Gasteiger partial charge on any atom is -0.353 e. The Labute approximate surface area is 226 Å². The van der Waals surface area contributed by atoms with Crippen molar-refractivity contribution in [3.8, 4) is 33.1 Å². The van der Waals surface area contributed by atoms with Crippen molar-refractivity contribution in [1.82, 2.24) is 30.1 Å². The Kier molecular flexibility index (Phi) is 5.55. The summed E-state index contributed by atoms with van der Waals surface area (Å²) >= 11 is 1.44. The second-order valence-electron chi connectivity index (χ2n) is 9.80. The average molecular weight is 534 g/mol. The number of fused-ring (bicyclic) bond motifs is 2. The fourth-order valence-corrected chi connectivity index (χ4v) is 5.80. The number of Topliss-reactive ketones (excluding diaryl/α,β-unsaturated/α-hetero) is 1. The molecule has 7 rings (SSSR count). The van der Waals surface area contributed by atoms with Crippen molar-refractivity contribution in [1.29, 1.82) is 0 Å². The molecule has 1 saturated carbocycles. The Bertz CT molecular complexity index is 1900. The molecule has 1 amide bonds. The first-order valence-electron chi connectivity index (χ1n) is 12.7. The predicted octanol–water partition coefficient (Wildman–Crippen LogP) is 6.23. The van der Waals surface area contributed by atoms with Gasteiger partial charge in [0.2, 0.25) is 5.91 Å². The summed E-state index contributed by atoms with van der Waals surface area (Å²) in [6, 6.07) is 11.7. The first-order valence-corrected chi connectivity index (χ1v) is 13.5. The highest BCUT2D eigenvalue weighted by Crippen LogP contribution is 2.36. The van der Waals surface area contributed by atoms with E-state index in [1.165, 1.54) is 11.3 Å². The number of rotatable bonds is 6. The molecule has 0 saturated heterocycles. The standard InChI is InChI=1S/C29H23N7O2S/c1-15(37)24-5-6-25(39-24)27-20-11-23(34-22(20)7-8-31-27)26-21-10-18(13-32-28(21)36-35-26)17-9-19(14-30-12-17)33-29(38)16-3-2-4-16/h5-14,16,34H,2-4H2,1H3,(H,33,38)(H,32,35,36). The monoisotopic (exact) mass is 533 g/mol. The molecule has 6 heterocycles. The van der Waals surface area contributed by atoms with Crippen molar-refractivity contribution >= 4 is 50.7 Å². The second kappa shape index (κ2) is 9.25. The quantitative estimate of drug-likeness (QED) is 0.218. The third-order valence-corrected chi connectivity index (χ3v) is 8.42. The van der Waals surface area contributed by atoms with Crippen LogP contribution in [0, 0.1) is 5.92 Å². The molecular weight excluding hydrogens is 510 g/mol. The minimum absolute atomic E-state index is 0.0434. The maximum atomic E-state index is 12.4. The molecule has 3 N–H and O–H groups in total. The van der Waals surface area contributed by atoms with Crippen molar-refractivity contribution in [3.05, 3.63) is 66.1 Å². The lowest BCUT2D eigenvalue weighted by molar-refractivity contribution is -0.122. The highest BCUT2D eigenvalue weighted by molar-refractivity contribution is 7.17. The molecule has 1 aliphatic rings. The van der Waals surface area contributed by atoms with Crippen LogP contribution in [-0.2, 0) is 4.79 Å². The summed E-state index contributed by atoms with van der Waals surface area (Å²) in [5, 5.41) is 12.4. The molecule has 0 aliphatic heterocycles. The molecule has 192 valence electrons. The van der Waals surface area contributed by atoms with E-state index in [0.29, 0.717) is 16.2 Å². The zero-order chi connectivity index (χ0) is 26.5. The number of nitrogens with zero attached hydrogens (tertiary/aromatic N) is 4. The third-order valence-electron chi connectivity index (χ3n) is 7.23. The first-order chi connectivity index (χ1) is 19.0. The summed E-state index contributed by atoms with van der Waals surface area (Å²) in [4.78, 5) is 42.9. The Balaban J connectivity index is 1.25. The van der Waals surface area contributed by atoms with Crippen LogP contribution in [0.5, 0.6) is 0 Å². The van der Waals surface area contributed by atoms with E-state index in [4.69, 9.17) is 0 Å². The van der Waals surface area contributed by atoms with Crippen molar-refractivity contribution in [2.45, 2.75) is 26.2 Å². The number of pyridine rings is 3. The SMILES string of the molecule is CC(=O)c1ccc(-c2nccc3[nH]c(-c4[nH]nc5ncc(-c6cncc(NC(=O)C7CCC7)c6)cc45)cc23)s1. The predicted molar refractivity (Wildman–Crippen MR) is 151 cm³/mol. The number of aromatic amines is 2. The molecule has 9 nitrogen and oxygen atoms in total. The van der Waals surface area contributed by atoms with E-state index in [-0.39, 0.29) is 17.6 Å². The van der Waals surface area contributed by atoms with Crippen LogP contribution in [0.3, 0.4) is 0 Å². The van der Waals surface area contributed by atoms with Crippen LogP contribution in [-0.4, -0.2) is 41.8 Å². The molecule has 10 heteroatoms. The zero-order valence-electron chi connectivity index (χ0n) is 21.0. The Morgan fingerprint density at radius 3 is 2.67 bits per heavy atom. The van der Waals surface area contributed by atoms with Gasteiger partial charge in [-0.2, -0.15) is 5.10 Å². The Morgan fingerprint density at radius 2 is 1.87 bits per heavy atom. The molecule has 0 aromatic carbocycles. The van der Waals surface area contributed by atoms with E-state index < -0.39 is 0 Å². The molecule has 0 spiro atoms. The van der Waals surface area contributed by atoms with Gasteiger partial charge in [0.05, 0.1) is 38.7 Å². The number of nitrogens with one attached hydrogen (secondary N) is 3. The van der Waals surface area contributed by atoms with E-state index in [0.717, 1.165) is 68.6 Å². The fraction of sp³-hybridized carbons (Fsp3) is 0.172. The number of anilines is 1. The maximum Gasteiger partial charge on any atom is 0.227 e. The molecule has 1 aliphatic carbocycles. The maximum absolute atomic E-state index is 12.4. The second-order valence-corrected chi connectivity index (χ2v) is 10.9. The number of amides is 1. The summed E-state index contributed by atoms with van der Waals surface area (Å²) in [5.74, 6) is 0.198. The van der Waals surface area contributed by atoms with Crippen LogP contribution in [0.2, 0.25) is 0 Å². The molecule has 39 heavy (non-hydrogen) atoms. The van der Waals surface area contributed by atoms with Gasteiger partial charge in [-0.25, -0.2) is 4.98 Å².